The van der Waals surface area contributed by atoms with E-state index in [4.69, 9.17) is 11.6 Å². The van der Waals surface area contributed by atoms with E-state index in [1.54, 1.807) is 18.2 Å². The lowest BCUT2D eigenvalue weighted by molar-refractivity contribution is -0.137. The number of alkyl halides is 3. The summed E-state index contributed by atoms with van der Waals surface area (Å²) in [5.74, 6) is 1.04. The minimum absolute atomic E-state index is 0.372. The molecule has 0 atom stereocenters. The van der Waals surface area contributed by atoms with E-state index in [9.17, 15) is 13.2 Å². The molecule has 0 unspecified atom stereocenters. The fourth-order valence-electron chi connectivity index (χ4n) is 2.28. The number of hydrogen-bond acceptors (Lipinski definition) is 3. The lowest BCUT2D eigenvalue weighted by Crippen LogP contribution is -2.05. The third-order valence-corrected chi connectivity index (χ3v) is 4.90. The predicted octanol–water partition coefficient (Wildman–Crippen LogP) is 5.45. The maximum atomic E-state index is 12.8. The zero-order valence-corrected chi connectivity index (χ0v) is 14.7. The fourth-order valence-corrected chi connectivity index (χ4v) is 3.26. The Morgan fingerprint density at radius 1 is 1.08 bits per heavy atom. The van der Waals surface area contributed by atoms with Crippen molar-refractivity contribution in [1.82, 2.24) is 14.8 Å². The second-order valence-corrected chi connectivity index (χ2v) is 6.74. The molecule has 0 radical (unpaired) electrons. The van der Waals surface area contributed by atoms with Crippen molar-refractivity contribution in [3.8, 4) is 11.4 Å². The molecule has 0 saturated heterocycles. The van der Waals surface area contributed by atoms with E-state index in [0.29, 0.717) is 27.3 Å². The van der Waals surface area contributed by atoms with Gasteiger partial charge in [0.25, 0.3) is 0 Å². The molecule has 0 N–H and O–H groups in total. The first kappa shape index (κ1) is 17.8. The highest BCUT2D eigenvalue weighted by atomic mass is 35.5. The second-order valence-electron chi connectivity index (χ2n) is 5.36. The largest absolute Gasteiger partial charge is 0.416 e. The van der Waals surface area contributed by atoms with E-state index in [-0.39, 0.29) is 0 Å². The van der Waals surface area contributed by atoms with Crippen LogP contribution in [-0.2, 0) is 19.0 Å². The molecule has 0 aliphatic rings. The maximum Gasteiger partial charge on any atom is 0.416 e. The van der Waals surface area contributed by atoms with Gasteiger partial charge in [0, 0.05) is 23.4 Å². The monoisotopic (exact) mass is 383 g/mol. The molecule has 3 rings (SSSR count). The fraction of sp³-hybridized carbons (Fsp3) is 0.176. The highest BCUT2D eigenvalue weighted by Crippen LogP contribution is 2.31. The van der Waals surface area contributed by atoms with Crippen LogP contribution in [0.3, 0.4) is 0 Å². The number of benzene rings is 2. The minimum atomic E-state index is -4.34. The Labute approximate surface area is 151 Å². The van der Waals surface area contributed by atoms with Crippen molar-refractivity contribution in [2.75, 3.05) is 0 Å². The van der Waals surface area contributed by atoms with Gasteiger partial charge in [0.2, 0.25) is 0 Å². The van der Waals surface area contributed by atoms with Crippen LogP contribution in [0.5, 0.6) is 0 Å². The summed E-state index contributed by atoms with van der Waals surface area (Å²) in [6.45, 7) is 0. The number of halogens is 4. The third-order valence-electron chi connectivity index (χ3n) is 3.56. The molecule has 130 valence electrons. The zero-order valence-electron chi connectivity index (χ0n) is 13.1. The lowest BCUT2D eigenvalue weighted by atomic mass is 10.1. The molecule has 0 spiro atoms. The van der Waals surface area contributed by atoms with Crippen LogP contribution in [0.25, 0.3) is 11.4 Å². The third kappa shape index (κ3) is 4.16. The van der Waals surface area contributed by atoms with E-state index < -0.39 is 11.7 Å². The van der Waals surface area contributed by atoms with Crippen LogP contribution in [-0.4, -0.2) is 14.8 Å². The minimum Gasteiger partial charge on any atom is -0.305 e. The molecule has 1 heterocycles. The lowest BCUT2D eigenvalue weighted by Gasteiger charge is -2.08. The first-order valence-electron chi connectivity index (χ1n) is 7.29. The van der Waals surface area contributed by atoms with Gasteiger partial charge in [-0.15, -0.1) is 10.2 Å². The average molecular weight is 384 g/mol. The van der Waals surface area contributed by atoms with Crippen molar-refractivity contribution in [2.24, 2.45) is 7.05 Å². The number of aromatic nitrogens is 3. The van der Waals surface area contributed by atoms with Gasteiger partial charge >= 0.3 is 6.18 Å². The summed E-state index contributed by atoms with van der Waals surface area (Å²) >= 11 is 7.21. The van der Waals surface area contributed by atoms with E-state index in [1.165, 1.54) is 17.8 Å². The number of thioether (sulfide) groups is 1. The summed E-state index contributed by atoms with van der Waals surface area (Å²) in [6.07, 6.45) is -4.34. The molecule has 8 heteroatoms. The second kappa shape index (κ2) is 7.09. The summed E-state index contributed by atoms with van der Waals surface area (Å²) in [4.78, 5) is 0. The van der Waals surface area contributed by atoms with Crippen molar-refractivity contribution in [1.29, 1.82) is 0 Å². The normalized spacial score (nSPS) is 11.7. The molecule has 2 aromatic carbocycles. The summed E-state index contributed by atoms with van der Waals surface area (Å²) in [5, 5.41) is 9.53. The Morgan fingerprint density at radius 2 is 1.80 bits per heavy atom. The van der Waals surface area contributed by atoms with Gasteiger partial charge in [0.1, 0.15) is 0 Å². The number of rotatable bonds is 4. The Kier molecular flexibility index (Phi) is 5.06. The predicted molar refractivity (Wildman–Crippen MR) is 92.5 cm³/mol. The molecular formula is C17H13ClF3N3S. The molecule has 0 fully saturated rings. The Balaban J connectivity index is 1.76. The van der Waals surface area contributed by atoms with Crippen LogP contribution in [0.1, 0.15) is 11.1 Å². The van der Waals surface area contributed by atoms with Gasteiger partial charge in [0.15, 0.2) is 11.0 Å². The first-order chi connectivity index (χ1) is 11.8. The van der Waals surface area contributed by atoms with E-state index in [1.807, 2.05) is 23.7 Å². The van der Waals surface area contributed by atoms with E-state index in [2.05, 4.69) is 10.2 Å². The van der Waals surface area contributed by atoms with Crippen molar-refractivity contribution >= 4 is 23.4 Å². The molecular weight excluding hydrogens is 371 g/mol. The van der Waals surface area contributed by atoms with Gasteiger partial charge in [0.05, 0.1) is 5.56 Å². The molecule has 0 aliphatic carbocycles. The molecule has 3 aromatic rings. The van der Waals surface area contributed by atoms with Crippen LogP contribution in [0.4, 0.5) is 13.2 Å². The average Bonchev–Trinajstić information content (AvgIpc) is 2.94. The molecule has 0 bridgehead atoms. The summed E-state index contributed by atoms with van der Waals surface area (Å²) in [7, 11) is 1.82. The van der Waals surface area contributed by atoms with Gasteiger partial charge in [-0.2, -0.15) is 13.2 Å². The van der Waals surface area contributed by atoms with E-state index >= 15 is 0 Å². The van der Waals surface area contributed by atoms with Crippen molar-refractivity contribution in [3.05, 3.63) is 64.7 Å². The van der Waals surface area contributed by atoms with Gasteiger partial charge in [-0.05, 0) is 35.9 Å². The quantitative estimate of drug-likeness (QED) is 0.561. The summed E-state index contributed by atoms with van der Waals surface area (Å²) in [5.41, 5.74) is 0.798. The Morgan fingerprint density at radius 3 is 2.48 bits per heavy atom. The molecule has 0 saturated carbocycles. The van der Waals surface area contributed by atoms with Crippen LogP contribution in [0.2, 0.25) is 5.02 Å². The van der Waals surface area contributed by atoms with Gasteiger partial charge < -0.3 is 4.57 Å². The maximum absolute atomic E-state index is 12.8. The first-order valence-corrected chi connectivity index (χ1v) is 8.65. The van der Waals surface area contributed by atoms with Crippen LogP contribution in [0.15, 0.2) is 53.7 Å². The van der Waals surface area contributed by atoms with Crippen molar-refractivity contribution in [3.63, 3.8) is 0 Å². The van der Waals surface area contributed by atoms with E-state index in [0.717, 1.165) is 17.7 Å². The van der Waals surface area contributed by atoms with Crippen molar-refractivity contribution < 1.29 is 13.2 Å². The Hall–Kier alpha value is -1.99. The van der Waals surface area contributed by atoms with Gasteiger partial charge in [-0.25, -0.2) is 0 Å². The molecule has 3 nitrogen and oxygen atoms in total. The Bertz CT molecular complexity index is 876. The highest BCUT2D eigenvalue weighted by molar-refractivity contribution is 7.98. The van der Waals surface area contributed by atoms with Crippen LogP contribution >= 0.6 is 23.4 Å². The van der Waals surface area contributed by atoms with Crippen LogP contribution in [0, 0.1) is 0 Å². The highest BCUT2D eigenvalue weighted by Gasteiger charge is 2.30. The standard InChI is InChI=1S/C17H13ClF3N3S/c1-24-15(12-5-7-14(18)8-6-12)22-23-16(24)25-10-11-3-2-4-13(9-11)17(19,20)21/h2-9H,10H2,1H3. The number of nitrogens with zero attached hydrogens (tertiary/aromatic N) is 3. The summed E-state index contributed by atoms with van der Waals surface area (Å²) in [6, 6.07) is 12.5. The number of hydrogen-bond donors (Lipinski definition) is 0. The van der Waals surface area contributed by atoms with Crippen LogP contribution < -0.4 is 0 Å². The smallest absolute Gasteiger partial charge is 0.305 e. The van der Waals surface area contributed by atoms with Crippen molar-refractivity contribution in [2.45, 2.75) is 17.1 Å². The summed E-state index contributed by atoms with van der Waals surface area (Å²) < 4.78 is 40.1. The zero-order chi connectivity index (χ0) is 18.0. The van der Waals surface area contributed by atoms with Gasteiger partial charge in [-0.3, -0.25) is 0 Å². The molecule has 0 amide bonds. The molecule has 1 aromatic heterocycles. The topological polar surface area (TPSA) is 30.7 Å². The molecule has 0 aliphatic heterocycles. The van der Waals surface area contributed by atoms with Gasteiger partial charge in [-0.1, -0.05) is 41.6 Å². The molecule has 25 heavy (non-hydrogen) atoms. The SMILES string of the molecule is Cn1c(SCc2cccc(C(F)(F)F)c2)nnc1-c1ccc(Cl)cc1.